The number of aryl methyl sites for hydroxylation is 1. The second kappa shape index (κ2) is 5.50. The molecule has 90 valence electrons. The van der Waals surface area contributed by atoms with Gasteiger partial charge < -0.3 is 0 Å². The molecule has 0 radical (unpaired) electrons. The average Bonchev–Trinajstić information content (AvgIpc) is 2.40. The summed E-state index contributed by atoms with van der Waals surface area (Å²) in [6, 6.07) is 15.0. The van der Waals surface area contributed by atoms with Crippen LogP contribution in [0.3, 0.4) is 0 Å². The molecule has 2 aromatic rings. The van der Waals surface area contributed by atoms with Gasteiger partial charge in [0.15, 0.2) is 0 Å². The normalized spacial score (nSPS) is 12.8. The first kappa shape index (κ1) is 12.4. The highest BCUT2D eigenvalue weighted by atomic mass is 14.0. The summed E-state index contributed by atoms with van der Waals surface area (Å²) in [5.74, 6) is 0. The molecule has 0 N–H and O–H groups in total. The Morgan fingerprint density at radius 1 is 1.00 bits per heavy atom. The lowest BCUT2D eigenvalue weighted by Crippen LogP contribution is -2.25. The van der Waals surface area contributed by atoms with E-state index in [9.17, 15) is 0 Å². The van der Waals surface area contributed by atoms with Gasteiger partial charge in [0.05, 0.1) is 0 Å². The zero-order valence-electron chi connectivity index (χ0n) is 11.0. The van der Waals surface area contributed by atoms with Gasteiger partial charge in [-0.15, -0.1) is 0 Å². The lowest BCUT2D eigenvalue weighted by atomic mass is 10.0. The van der Waals surface area contributed by atoms with E-state index in [4.69, 9.17) is 0 Å². The summed E-state index contributed by atoms with van der Waals surface area (Å²) in [5.41, 5.74) is 3.82. The minimum absolute atomic E-state index is 1.21. The van der Waals surface area contributed by atoms with Gasteiger partial charge in [0.1, 0.15) is 0 Å². The van der Waals surface area contributed by atoms with E-state index < -0.39 is 0 Å². The smallest absolute Gasteiger partial charge is 0.0109 e. The fourth-order valence-electron chi connectivity index (χ4n) is 2.16. The second-order valence-corrected chi connectivity index (χ2v) is 4.37. The van der Waals surface area contributed by atoms with Gasteiger partial charge in [0.2, 0.25) is 0 Å². The van der Waals surface area contributed by atoms with E-state index in [-0.39, 0.29) is 0 Å². The molecular formula is C18H18. The van der Waals surface area contributed by atoms with Gasteiger partial charge in [0.25, 0.3) is 0 Å². The summed E-state index contributed by atoms with van der Waals surface area (Å²) >= 11 is 0. The predicted octanol–water partition coefficient (Wildman–Crippen LogP) is 3.43. The zero-order chi connectivity index (χ0) is 13.0. The van der Waals surface area contributed by atoms with Crippen LogP contribution in [-0.2, 0) is 0 Å². The monoisotopic (exact) mass is 234 g/mol. The Hall–Kier alpha value is -2.08. The summed E-state index contributed by atoms with van der Waals surface area (Å²) in [6.07, 6.45) is 6.04. The summed E-state index contributed by atoms with van der Waals surface area (Å²) in [6.45, 7) is 7.96. The fourth-order valence-corrected chi connectivity index (χ4v) is 2.16. The van der Waals surface area contributed by atoms with Crippen molar-refractivity contribution >= 4 is 12.2 Å². The summed E-state index contributed by atoms with van der Waals surface area (Å²) in [4.78, 5) is 0. The molecule has 0 aromatic heterocycles. The van der Waals surface area contributed by atoms with Crippen molar-refractivity contribution in [2.75, 3.05) is 0 Å². The minimum atomic E-state index is 1.21. The van der Waals surface area contributed by atoms with Crippen molar-refractivity contribution in [1.82, 2.24) is 0 Å². The number of hydrogen-bond donors (Lipinski definition) is 0. The van der Waals surface area contributed by atoms with E-state index in [2.05, 4.69) is 69.0 Å². The third kappa shape index (κ3) is 2.43. The van der Waals surface area contributed by atoms with Crippen molar-refractivity contribution in [2.24, 2.45) is 0 Å². The molecule has 0 aliphatic heterocycles. The van der Waals surface area contributed by atoms with Crippen molar-refractivity contribution in [3.63, 3.8) is 0 Å². The lowest BCUT2D eigenvalue weighted by molar-refractivity contribution is 1.44. The van der Waals surface area contributed by atoms with Crippen molar-refractivity contribution in [3.05, 3.63) is 71.1 Å². The van der Waals surface area contributed by atoms with Gasteiger partial charge in [-0.3, -0.25) is 0 Å². The first-order chi connectivity index (χ1) is 8.76. The van der Waals surface area contributed by atoms with Crippen LogP contribution in [0.15, 0.2) is 55.1 Å². The highest BCUT2D eigenvalue weighted by molar-refractivity contribution is 5.66. The molecule has 0 heterocycles. The van der Waals surface area contributed by atoms with Crippen LogP contribution >= 0.6 is 0 Å². The maximum absolute atomic E-state index is 3.78. The van der Waals surface area contributed by atoms with Crippen LogP contribution in [-0.4, -0.2) is 0 Å². The van der Waals surface area contributed by atoms with E-state index in [0.717, 1.165) is 0 Å². The quantitative estimate of drug-likeness (QED) is 0.747. The Morgan fingerprint density at radius 2 is 1.72 bits per heavy atom. The third-order valence-corrected chi connectivity index (χ3v) is 3.09. The molecule has 0 saturated carbocycles. The van der Waals surface area contributed by atoms with Crippen molar-refractivity contribution < 1.29 is 0 Å². The van der Waals surface area contributed by atoms with Crippen molar-refractivity contribution in [3.8, 4) is 11.1 Å². The fraction of sp³-hybridized carbons (Fsp3) is 0.111. The van der Waals surface area contributed by atoms with Gasteiger partial charge in [-0.2, -0.15) is 0 Å². The predicted molar refractivity (Wildman–Crippen MR) is 80.7 cm³/mol. The molecule has 18 heavy (non-hydrogen) atoms. The highest BCUT2D eigenvalue weighted by Crippen LogP contribution is 2.14. The Labute approximate surface area is 109 Å². The summed E-state index contributed by atoms with van der Waals surface area (Å²) < 4.78 is 0. The standard InChI is InChI=1S/C18H18/c1-4-7-15-8-6-9-18(17(15)5-2)16-12-10-14(3)11-13-16/h4-13H,1H2,2-3H3/b15-7-,17-5+. The lowest BCUT2D eigenvalue weighted by Gasteiger charge is -2.04. The molecule has 0 aliphatic rings. The Kier molecular flexibility index (Phi) is 3.78. The SMILES string of the molecule is C=C/C=c1/cccc(-c2ccc(C)cc2)/c1=C/C. The molecule has 0 heteroatoms. The van der Waals surface area contributed by atoms with Crippen LogP contribution < -0.4 is 10.4 Å². The molecule has 0 nitrogen and oxygen atoms in total. The van der Waals surface area contributed by atoms with Gasteiger partial charge >= 0.3 is 0 Å². The molecule has 2 rings (SSSR count). The maximum Gasteiger partial charge on any atom is -0.0109 e. The van der Waals surface area contributed by atoms with E-state index in [1.807, 2.05) is 12.2 Å². The van der Waals surface area contributed by atoms with Crippen LogP contribution in [0.1, 0.15) is 12.5 Å². The van der Waals surface area contributed by atoms with E-state index in [1.54, 1.807) is 0 Å². The molecule has 0 aliphatic carbocycles. The molecule has 0 atom stereocenters. The minimum Gasteiger partial charge on any atom is -0.0990 e. The van der Waals surface area contributed by atoms with Crippen LogP contribution in [0.4, 0.5) is 0 Å². The molecule has 0 amide bonds. The van der Waals surface area contributed by atoms with Gasteiger partial charge in [0, 0.05) is 0 Å². The van der Waals surface area contributed by atoms with Gasteiger partial charge in [-0.1, -0.05) is 72.8 Å². The van der Waals surface area contributed by atoms with Crippen molar-refractivity contribution in [1.29, 1.82) is 0 Å². The molecule has 0 fully saturated rings. The average molecular weight is 234 g/mol. The number of hydrogen-bond acceptors (Lipinski definition) is 0. The summed E-state index contributed by atoms with van der Waals surface area (Å²) in [7, 11) is 0. The molecule has 0 spiro atoms. The molecule has 0 saturated heterocycles. The maximum atomic E-state index is 3.78. The largest absolute Gasteiger partial charge is 0.0990 e. The number of rotatable bonds is 2. The second-order valence-electron chi connectivity index (χ2n) is 4.37. The first-order valence-corrected chi connectivity index (χ1v) is 6.21. The highest BCUT2D eigenvalue weighted by Gasteiger charge is 1.99. The van der Waals surface area contributed by atoms with Crippen LogP contribution in [0.25, 0.3) is 23.3 Å². The number of benzene rings is 2. The number of allylic oxidation sites excluding steroid dienone is 1. The summed E-state index contributed by atoms with van der Waals surface area (Å²) in [5, 5.41) is 2.48. The Balaban J connectivity index is 2.73. The molecular weight excluding hydrogens is 216 g/mol. The topological polar surface area (TPSA) is 0 Å². The first-order valence-electron chi connectivity index (χ1n) is 6.21. The molecule has 2 aromatic carbocycles. The van der Waals surface area contributed by atoms with E-state index in [0.29, 0.717) is 0 Å². The zero-order valence-corrected chi connectivity index (χ0v) is 11.0. The molecule has 0 unspecified atom stereocenters. The van der Waals surface area contributed by atoms with Crippen LogP contribution in [0, 0.1) is 6.92 Å². The van der Waals surface area contributed by atoms with E-state index in [1.165, 1.54) is 27.1 Å². The Bertz CT molecular complexity index is 658. The van der Waals surface area contributed by atoms with Gasteiger partial charge in [-0.25, -0.2) is 0 Å². The molecule has 0 bridgehead atoms. The van der Waals surface area contributed by atoms with Crippen LogP contribution in [0.2, 0.25) is 0 Å². The van der Waals surface area contributed by atoms with Crippen LogP contribution in [0.5, 0.6) is 0 Å². The third-order valence-electron chi connectivity index (χ3n) is 3.09. The van der Waals surface area contributed by atoms with E-state index >= 15 is 0 Å². The Morgan fingerprint density at radius 3 is 2.33 bits per heavy atom. The van der Waals surface area contributed by atoms with Gasteiger partial charge in [-0.05, 0) is 35.4 Å². The van der Waals surface area contributed by atoms with Crippen molar-refractivity contribution in [2.45, 2.75) is 13.8 Å².